The summed E-state index contributed by atoms with van der Waals surface area (Å²) in [4.78, 5) is 13.0. The minimum Gasteiger partial charge on any atom is -0.364 e. The van der Waals surface area contributed by atoms with Crippen molar-refractivity contribution in [2.75, 3.05) is 31.0 Å². The van der Waals surface area contributed by atoms with Gasteiger partial charge < -0.3 is 15.4 Å². The lowest BCUT2D eigenvalue weighted by Crippen LogP contribution is -2.11. The minimum atomic E-state index is 0.351. The van der Waals surface area contributed by atoms with Gasteiger partial charge in [0.2, 0.25) is 11.9 Å². The van der Waals surface area contributed by atoms with Gasteiger partial charge in [-0.05, 0) is 6.92 Å². The highest BCUT2D eigenvalue weighted by Crippen LogP contribution is 2.17. The van der Waals surface area contributed by atoms with Gasteiger partial charge in [0, 0.05) is 19.2 Å². The fourth-order valence-electron chi connectivity index (χ4n) is 1.55. The fourth-order valence-corrected chi connectivity index (χ4v) is 1.55. The van der Waals surface area contributed by atoms with E-state index in [4.69, 9.17) is 4.74 Å². The molecule has 2 N–H and O–H groups in total. The Morgan fingerprint density at radius 3 is 2.32 bits per heavy atom. The molecule has 0 radical (unpaired) electrons. The van der Waals surface area contributed by atoms with Gasteiger partial charge in [-0.25, -0.2) is 0 Å². The smallest absolute Gasteiger partial charge is 0.229 e. The number of hydrogen-bond donors (Lipinski definition) is 2. The van der Waals surface area contributed by atoms with Crippen LogP contribution in [0.5, 0.6) is 0 Å². The lowest BCUT2D eigenvalue weighted by Gasteiger charge is -2.08. The quantitative estimate of drug-likeness (QED) is 0.773. The van der Waals surface area contributed by atoms with Gasteiger partial charge in [0.05, 0.1) is 0 Å². The van der Waals surface area contributed by atoms with Crippen molar-refractivity contribution < 1.29 is 4.74 Å². The van der Waals surface area contributed by atoms with Crippen LogP contribution in [-0.2, 0) is 4.74 Å². The molecule has 0 unspecified atom stereocenters. The van der Waals surface area contributed by atoms with Crippen LogP contribution >= 0.6 is 0 Å². The molecule has 2 aromatic rings. The van der Waals surface area contributed by atoms with Crippen molar-refractivity contribution in [2.24, 2.45) is 0 Å². The Bertz CT molecular complexity index is 518. The second kappa shape index (κ2) is 6.65. The van der Waals surface area contributed by atoms with E-state index >= 15 is 0 Å². The largest absolute Gasteiger partial charge is 0.364 e. The molecule has 2 rings (SSSR count). The molecule has 0 atom stereocenters. The molecule has 1 heterocycles. The zero-order chi connectivity index (χ0) is 13.5. The molecule has 0 aliphatic carbocycles. The van der Waals surface area contributed by atoms with Crippen LogP contribution in [0.15, 0.2) is 30.3 Å². The lowest BCUT2D eigenvalue weighted by molar-refractivity contribution is 0.220. The van der Waals surface area contributed by atoms with Crippen molar-refractivity contribution in [1.82, 2.24) is 15.0 Å². The first kappa shape index (κ1) is 13.2. The molecule has 1 aromatic carbocycles. The topological polar surface area (TPSA) is 72.0 Å². The summed E-state index contributed by atoms with van der Waals surface area (Å²) < 4.78 is 4.96. The Morgan fingerprint density at radius 2 is 1.68 bits per heavy atom. The zero-order valence-corrected chi connectivity index (χ0v) is 11.1. The van der Waals surface area contributed by atoms with Crippen LogP contribution in [-0.4, -0.2) is 35.3 Å². The van der Waals surface area contributed by atoms with E-state index in [0.717, 1.165) is 12.1 Å². The number of rotatable bonds is 6. The zero-order valence-electron chi connectivity index (χ0n) is 11.1. The molecule has 100 valence electrons. The summed E-state index contributed by atoms with van der Waals surface area (Å²) in [6.45, 7) is 3.10. The van der Waals surface area contributed by atoms with E-state index in [1.54, 1.807) is 7.11 Å². The monoisotopic (exact) mass is 259 g/mol. The molecule has 19 heavy (non-hydrogen) atoms. The van der Waals surface area contributed by atoms with Crippen LogP contribution in [0.1, 0.15) is 6.92 Å². The Hall–Kier alpha value is -2.21. The minimum absolute atomic E-state index is 0.351. The number of hydrogen-bond acceptors (Lipinski definition) is 6. The Kier molecular flexibility index (Phi) is 4.63. The van der Waals surface area contributed by atoms with Crippen molar-refractivity contribution in [2.45, 2.75) is 6.92 Å². The molecular formula is C13H17N5O. The van der Waals surface area contributed by atoms with Crippen LogP contribution in [0.3, 0.4) is 0 Å². The standard InChI is InChI=1S/C13H17N5O/c1-3-14-12-16-11(10-7-5-4-6-8-10)17-13(18-12)15-9-19-2/h4-8H,3,9H2,1-2H3,(H2,14,15,16,17,18). The van der Waals surface area contributed by atoms with Crippen molar-refractivity contribution in [3.05, 3.63) is 30.3 Å². The third-order valence-corrected chi connectivity index (χ3v) is 2.38. The van der Waals surface area contributed by atoms with Crippen molar-refractivity contribution in [3.8, 4) is 11.4 Å². The molecule has 0 aliphatic heterocycles. The number of ether oxygens (including phenoxy) is 1. The maximum atomic E-state index is 4.96. The SMILES string of the molecule is CCNc1nc(NCOC)nc(-c2ccccc2)n1. The average Bonchev–Trinajstić information content (AvgIpc) is 2.46. The summed E-state index contributed by atoms with van der Waals surface area (Å²) >= 11 is 0. The summed E-state index contributed by atoms with van der Waals surface area (Å²) in [6, 6.07) is 9.79. The normalized spacial score (nSPS) is 10.2. The maximum Gasteiger partial charge on any atom is 0.229 e. The number of methoxy groups -OCH3 is 1. The van der Waals surface area contributed by atoms with E-state index in [0.29, 0.717) is 24.5 Å². The van der Waals surface area contributed by atoms with Crippen molar-refractivity contribution >= 4 is 11.9 Å². The summed E-state index contributed by atoms with van der Waals surface area (Å²) in [6.07, 6.45) is 0. The van der Waals surface area contributed by atoms with E-state index in [-0.39, 0.29) is 0 Å². The molecule has 0 bridgehead atoms. The number of anilines is 2. The van der Waals surface area contributed by atoms with Gasteiger partial charge in [-0.3, -0.25) is 0 Å². The highest BCUT2D eigenvalue weighted by atomic mass is 16.5. The summed E-state index contributed by atoms with van der Waals surface area (Å²) in [5.41, 5.74) is 0.949. The second-order valence-corrected chi connectivity index (χ2v) is 3.81. The molecule has 0 aliphatic rings. The number of aromatic nitrogens is 3. The van der Waals surface area contributed by atoms with Crippen LogP contribution in [0.25, 0.3) is 11.4 Å². The van der Waals surface area contributed by atoms with Crippen molar-refractivity contribution in [1.29, 1.82) is 0 Å². The maximum absolute atomic E-state index is 4.96. The highest BCUT2D eigenvalue weighted by molar-refractivity contribution is 5.57. The van der Waals surface area contributed by atoms with Gasteiger partial charge in [-0.1, -0.05) is 30.3 Å². The predicted octanol–water partition coefficient (Wildman–Crippen LogP) is 1.99. The Balaban J connectivity index is 2.33. The van der Waals surface area contributed by atoms with Gasteiger partial charge in [0.15, 0.2) is 5.82 Å². The van der Waals surface area contributed by atoms with Gasteiger partial charge in [-0.15, -0.1) is 0 Å². The molecule has 0 amide bonds. The first-order chi connectivity index (χ1) is 9.33. The van der Waals surface area contributed by atoms with Gasteiger partial charge >= 0.3 is 0 Å². The van der Waals surface area contributed by atoms with Gasteiger partial charge in [-0.2, -0.15) is 15.0 Å². The van der Waals surface area contributed by atoms with E-state index in [2.05, 4.69) is 25.6 Å². The van der Waals surface area contributed by atoms with Gasteiger partial charge in [0.25, 0.3) is 0 Å². The van der Waals surface area contributed by atoms with Crippen LogP contribution in [0, 0.1) is 0 Å². The second-order valence-electron chi connectivity index (χ2n) is 3.81. The van der Waals surface area contributed by atoms with Gasteiger partial charge in [0.1, 0.15) is 6.73 Å². The number of benzene rings is 1. The first-order valence-corrected chi connectivity index (χ1v) is 6.11. The van der Waals surface area contributed by atoms with E-state index in [9.17, 15) is 0 Å². The number of nitrogens with zero attached hydrogens (tertiary/aromatic N) is 3. The molecule has 0 fully saturated rings. The highest BCUT2D eigenvalue weighted by Gasteiger charge is 2.07. The van der Waals surface area contributed by atoms with Crippen molar-refractivity contribution in [3.63, 3.8) is 0 Å². The molecule has 0 saturated carbocycles. The van der Waals surface area contributed by atoms with E-state index in [1.165, 1.54) is 0 Å². The first-order valence-electron chi connectivity index (χ1n) is 6.11. The molecule has 0 saturated heterocycles. The molecule has 6 heteroatoms. The van der Waals surface area contributed by atoms with E-state index < -0.39 is 0 Å². The Morgan fingerprint density at radius 1 is 1.00 bits per heavy atom. The van der Waals surface area contributed by atoms with Crippen LogP contribution < -0.4 is 10.6 Å². The molecule has 0 spiro atoms. The summed E-state index contributed by atoms with van der Waals surface area (Å²) in [5, 5.41) is 6.07. The van der Waals surface area contributed by atoms with Crippen LogP contribution in [0.4, 0.5) is 11.9 Å². The fraction of sp³-hybridized carbons (Fsp3) is 0.308. The molecule has 1 aromatic heterocycles. The molecule has 6 nitrogen and oxygen atoms in total. The number of nitrogens with one attached hydrogen (secondary N) is 2. The predicted molar refractivity (Wildman–Crippen MR) is 74.9 cm³/mol. The third kappa shape index (κ3) is 3.62. The lowest BCUT2D eigenvalue weighted by atomic mass is 10.2. The van der Waals surface area contributed by atoms with Crippen LogP contribution in [0.2, 0.25) is 0 Å². The summed E-state index contributed by atoms with van der Waals surface area (Å²) in [5.74, 6) is 1.67. The third-order valence-electron chi connectivity index (χ3n) is 2.38. The van der Waals surface area contributed by atoms with E-state index in [1.807, 2.05) is 37.3 Å². The summed E-state index contributed by atoms with van der Waals surface area (Å²) in [7, 11) is 1.61. The molecular weight excluding hydrogens is 242 g/mol. The Labute approximate surface area is 112 Å². The average molecular weight is 259 g/mol.